The van der Waals surface area contributed by atoms with Crippen LogP contribution >= 0.6 is 0 Å². The van der Waals surface area contributed by atoms with Crippen molar-refractivity contribution >= 4 is 17.5 Å². The van der Waals surface area contributed by atoms with E-state index < -0.39 is 0 Å². The number of rotatable bonds is 7. The van der Waals surface area contributed by atoms with Crippen LogP contribution in [0.5, 0.6) is 0 Å². The molecule has 2 aromatic carbocycles. The molecule has 0 saturated heterocycles. The van der Waals surface area contributed by atoms with Crippen LogP contribution in [0.2, 0.25) is 0 Å². The fourth-order valence-corrected chi connectivity index (χ4v) is 2.55. The number of amides is 2. The monoisotopic (exact) mass is 353 g/mol. The van der Waals surface area contributed by atoms with E-state index in [1.165, 1.54) is 10.5 Å². The van der Waals surface area contributed by atoms with Gasteiger partial charge in [-0.25, -0.2) is 0 Å². The zero-order valence-electron chi connectivity index (χ0n) is 16.0. The number of carbonyl (C=O) groups excluding carboxylic acids is 2. The van der Waals surface area contributed by atoms with Crippen LogP contribution in [-0.2, 0) is 16.1 Å². The number of nitrogens with one attached hydrogen (secondary N) is 1. The van der Waals surface area contributed by atoms with Gasteiger partial charge >= 0.3 is 0 Å². The lowest BCUT2D eigenvalue weighted by molar-refractivity contribution is -0.134. The maximum Gasteiger partial charge on any atom is 0.243 e. The van der Waals surface area contributed by atoms with E-state index >= 15 is 0 Å². The Kier molecular flexibility index (Phi) is 6.92. The van der Waals surface area contributed by atoms with E-state index in [-0.39, 0.29) is 24.9 Å². The molecule has 5 nitrogen and oxygen atoms in total. The fourth-order valence-electron chi connectivity index (χ4n) is 2.55. The summed E-state index contributed by atoms with van der Waals surface area (Å²) in [7, 11) is 3.55. The van der Waals surface area contributed by atoms with Gasteiger partial charge < -0.3 is 10.2 Å². The van der Waals surface area contributed by atoms with Crippen molar-refractivity contribution in [2.45, 2.75) is 20.4 Å². The maximum atomic E-state index is 12.3. The van der Waals surface area contributed by atoms with Gasteiger partial charge in [0.25, 0.3) is 0 Å². The molecule has 138 valence electrons. The number of anilines is 1. The Labute approximate surface area is 155 Å². The van der Waals surface area contributed by atoms with Crippen LogP contribution < -0.4 is 5.32 Å². The molecule has 0 bridgehead atoms. The van der Waals surface area contributed by atoms with Gasteiger partial charge in [-0.3, -0.25) is 14.5 Å². The molecule has 0 aliphatic carbocycles. The Morgan fingerprint density at radius 2 is 1.38 bits per heavy atom. The van der Waals surface area contributed by atoms with Crippen molar-refractivity contribution in [3.8, 4) is 0 Å². The van der Waals surface area contributed by atoms with Gasteiger partial charge in [-0.15, -0.1) is 0 Å². The van der Waals surface area contributed by atoms with Gasteiger partial charge in [0.2, 0.25) is 11.8 Å². The Hall–Kier alpha value is -2.66. The second-order valence-corrected chi connectivity index (χ2v) is 6.82. The van der Waals surface area contributed by atoms with Crippen LogP contribution in [0.1, 0.15) is 16.7 Å². The topological polar surface area (TPSA) is 52.7 Å². The Morgan fingerprint density at radius 1 is 0.846 bits per heavy atom. The highest BCUT2D eigenvalue weighted by atomic mass is 16.2. The molecule has 0 radical (unpaired) electrons. The summed E-state index contributed by atoms with van der Waals surface area (Å²) < 4.78 is 0. The molecule has 0 aliphatic rings. The molecule has 5 heteroatoms. The number of carbonyl (C=O) groups is 2. The lowest BCUT2D eigenvalue weighted by atomic mass is 10.1. The molecule has 2 aromatic rings. The van der Waals surface area contributed by atoms with Crippen LogP contribution in [0.15, 0.2) is 48.5 Å². The molecule has 26 heavy (non-hydrogen) atoms. The third-order valence-electron chi connectivity index (χ3n) is 4.12. The zero-order valence-corrected chi connectivity index (χ0v) is 16.0. The van der Waals surface area contributed by atoms with Crippen LogP contribution in [-0.4, -0.2) is 48.8 Å². The number of nitrogens with zero attached hydrogens (tertiary/aromatic N) is 2. The largest absolute Gasteiger partial charge is 0.335 e. The Balaban J connectivity index is 1.79. The van der Waals surface area contributed by atoms with Crippen molar-refractivity contribution in [2.24, 2.45) is 0 Å². The summed E-state index contributed by atoms with van der Waals surface area (Å²) in [6, 6.07) is 15.8. The minimum atomic E-state index is -0.203. The van der Waals surface area contributed by atoms with Crippen molar-refractivity contribution in [3.63, 3.8) is 0 Å². The van der Waals surface area contributed by atoms with Gasteiger partial charge in [-0.1, -0.05) is 47.5 Å². The standard InChI is InChI=1S/C21H27N3O2/c1-16-5-9-18(10-6-16)13-23(3)15-21(26)24(4)14-20(25)22-19-11-7-17(2)8-12-19/h5-12H,13-15H2,1-4H3,(H,22,25). The van der Waals surface area contributed by atoms with E-state index in [9.17, 15) is 9.59 Å². The highest BCUT2D eigenvalue weighted by Gasteiger charge is 2.15. The van der Waals surface area contributed by atoms with Crippen LogP contribution in [0, 0.1) is 13.8 Å². The fraction of sp³-hybridized carbons (Fsp3) is 0.333. The smallest absolute Gasteiger partial charge is 0.243 e. The van der Waals surface area contributed by atoms with Gasteiger partial charge in [0, 0.05) is 19.3 Å². The van der Waals surface area contributed by atoms with Gasteiger partial charge in [-0.05, 0) is 38.6 Å². The predicted octanol–water partition coefficient (Wildman–Crippen LogP) is 2.83. The van der Waals surface area contributed by atoms with E-state index in [0.717, 1.165) is 16.8 Å². The molecule has 0 saturated carbocycles. The minimum Gasteiger partial charge on any atom is -0.335 e. The van der Waals surface area contributed by atoms with Crippen LogP contribution in [0.25, 0.3) is 0 Å². The summed E-state index contributed by atoms with van der Waals surface area (Å²) in [6.07, 6.45) is 0. The van der Waals surface area contributed by atoms with Crippen molar-refractivity contribution in [1.82, 2.24) is 9.80 Å². The predicted molar refractivity (Wildman–Crippen MR) is 105 cm³/mol. The van der Waals surface area contributed by atoms with E-state index in [2.05, 4.69) is 29.6 Å². The number of hydrogen-bond donors (Lipinski definition) is 1. The van der Waals surface area contributed by atoms with E-state index in [0.29, 0.717) is 6.54 Å². The van der Waals surface area contributed by atoms with Crippen molar-refractivity contribution in [1.29, 1.82) is 0 Å². The number of aryl methyl sites for hydroxylation is 2. The summed E-state index contributed by atoms with van der Waals surface area (Å²) in [5.41, 5.74) is 4.24. The summed E-state index contributed by atoms with van der Waals surface area (Å²) in [4.78, 5) is 27.8. The summed E-state index contributed by atoms with van der Waals surface area (Å²) in [6.45, 7) is 5.03. The Morgan fingerprint density at radius 3 is 1.96 bits per heavy atom. The maximum absolute atomic E-state index is 12.3. The average Bonchev–Trinajstić information content (AvgIpc) is 2.58. The highest BCUT2D eigenvalue weighted by molar-refractivity contribution is 5.94. The highest BCUT2D eigenvalue weighted by Crippen LogP contribution is 2.09. The van der Waals surface area contributed by atoms with Gasteiger partial charge in [0.1, 0.15) is 0 Å². The van der Waals surface area contributed by atoms with Crippen molar-refractivity contribution in [2.75, 3.05) is 32.5 Å². The number of likely N-dealkylation sites (N-methyl/N-ethyl adjacent to an activating group) is 2. The summed E-state index contributed by atoms with van der Waals surface area (Å²) in [5, 5.41) is 2.81. The lowest BCUT2D eigenvalue weighted by Gasteiger charge is -2.21. The summed E-state index contributed by atoms with van der Waals surface area (Å²) in [5.74, 6) is -0.287. The molecule has 0 heterocycles. The van der Waals surface area contributed by atoms with Crippen molar-refractivity contribution < 1.29 is 9.59 Å². The Bertz CT molecular complexity index is 739. The molecule has 0 aliphatic heterocycles. The molecular formula is C21H27N3O2. The molecule has 0 spiro atoms. The van der Waals surface area contributed by atoms with Gasteiger partial charge in [0.15, 0.2) is 0 Å². The molecule has 0 fully saturated rings. The molecule has 2 amide bonds. The van der Waals surface area contributed by atoms with Crippen molar-refractivity contribution in [3.05, 3.63) is 65.2 Å². The molecular weight excluding hydrogens is 326 g/mol. The second-order valence-electron chi connectivity index (χ2n) is 6.82. The quantitative estimate of drug-likeness (QED) is 0.833. The first-order chi connectivity index (χ1) is 12.3. The molecule has 0 atom stereocenters. The second kappa shape index (κ2) is 9.15. The lowest BCUT2D eigenvalue weighted by Crippen LogP contribution is -2.40. The normalized spacial score (nSPS) is 10.7. The molecule has 2 rings (SSSR count). The SMILES string of the molecule is Cc1ccc(CN(C)CC(=O)N(C)CC(=O)Nc2ccc(C)cc2)cc1. The van der Waals surface area contributed by atoms with E-state index in [1.807, 2.05) is 50.1 Å². The summed E-state index contributed by atoms with van der Waals surface area (Å²) >= 11 is 0. The van der Waals surface area contributed by atoms with E-state index in [4.69, 9.17) is 0 Å². The molecule has 0 aromatic heterocycles. The first-order valence-electron chi connectivity index (χ1n) is 8.68. The molecule has 1 N–H and O–H groups in total. The third kappa shape index (κ3) is 6.33. The number of hydrogen-bond acceptors (Lipinski definition) is 3. The third-order valence-corrected chi connectivity index (χ3v) is 4.12. The first-order valence-corrected chi connectivity index (χ1v) is 8.68. The zero-order chi connectivity index (χ0) is 19.1. The first kappa shape index (κ1) is 19.7. The minimum absolute atomic E-state index is 0.0328. The number of benzene rings is 2. The average molecular weight is 353 g/mol. The molecule has 0 unspecified atom stereocenters. The van der Waals surface area contributed by atoms with Crippen LogP contribution in [0.3, 0.4) is 0 Å². The van der Waals surface area contributed by atoms with Gasteiger partial charge in [-0.2, -0.15) is 0 Å². The van der Waals surface area contributed by atoms with E-state index in [1.54, 1.807) is 7.05 Å². The van der Waals surface area contributed by atoms with Crippen LogP contribution in [0.4, 0.5) is 5.69 Å². The van der Waals surface area contributed by atoms with Gasteiger partial charge in [0.05, 0.1) is 13.1 Å².